The van der Waals surface area contributed by atoms with Gasteiger partial charge in [-0.1, -0.05) is 226 Å². The van der Waals surface area contributed by atoms with Crippen LogP contribution in [0.2, 0.25) is 0 Å². The number of Topliss-reactive ketones (excluding diaryl/α,β-unsaturated/α-hetero) is 1. The van der Waals surface area contributed by atoms with Crippen molar-refractivity contribution >= 4 is 5.78 Å². The zero-order valence-corrected chi connectivity index (χ0v) is 33.9. The molecule has 0 spiro atoms. The Morgan fingerprint density at radius 3 is 1.00 bits per heavy atom. The second-order valence-corrected chi connectivity index (χ2v) is 16.2. The number of hydrogen-bond donors (Lipinski definition) is 4. The smallest absolute Gasteiger partial charge is 0.163 e. The van der Waals surface area contributed by atoms with Gasteiger partial charge < -0.3 is 20.4 Å². The molecule has 50 heavy (non-hydrogen) atoms. The maximum absolute atomic E-state index is 12.4. The Bertz CT molecular complexity index is 670. The molecule has 5 nitrogen and oxygen atoms in total. The van der Waals surface area contributed by atoms with Gasteiger partial charge in [0.25, 0.3) is 0 Å². The molecule has 0 radical (unpaired) electrons. The fraction of sp³-hybridized carbons (Fsp3) is 0.978. The van der Waals surface area contributed by atoms with E-state index >= 15 is 0 Å². The third-order valence-electron chi connectivity index (χ3n) is 11.3. The third kappa shape index (κ3) is 35.9. The molecule has 0 saturated carbocycles. The highest BCUT2D eigenvalue weighted by Crippen LogP contribution is 2.18. The molecule has 0 heterocycles. The van der Waals surface area contributed by atoms with Crippen LogP contribution in [0.15, 0.2) is 0 Å². The highest BCUT2D eigenvalue weighted by molar-refractivity contribution is 5.83. The molecule has 0 saturated heterocycles. The van der Waals surface area contributed by atoms with Crippen molar-refractivity contribution in [3.63, 3.8) is 0 Å². The minimum absolute atomic E-state index is 0.145. The molecule has 0 fully saturated rings. The molecule has 5 heteroatoms. The molecular weight excluding hydrogens is 620 g/mol. The Morgan fingerprint density at radius 2 is 0.680 bits per heavy atom. The monoisotopic (exact) mass is 711 g/mol. The van der Waals surface area contributed by atoms with Crippen molar-refractivity contribution in [1.29, 1.82) is 0 Å². The fourth-order valence-corrected chi connectivity index (χ4v) is 7.28. The minimum Gasteiger partial charge on any atom is -0.396 e. The van der Waals surface area contributed by atoms with E-state index in [9.17, 15) is 20.1 Å². The van der Waals surface area contributed by atoms with Crippen LogP contribution in [0.25, 0.3) is 0 Å². The summed E-state index contributed by atoms with van der Waals surface area (Å²) in [7, 11) is 0. The summed E-state index contributed by atoms with van der Waals surface area (Å²) in [6, 6.07) is 0. The summed E-state index contributed by atoms with van der Waals surface area (Å²) in [6.07, 6.45) is 41.4. The average molecular weight is 711 g/mol. The lowest BCUT2D eigenvalue weighted by molar-refractivity contribution is -0.131. The highest BCUT2D eigenvalue weighted by Gasteiger charge is 2.23. The number of aliphatic hydroxyl groups excluding tert-OH is 4. The van der Waals surface area contributed by atoms with Gasteiger partial charge in [-0.3, -0.25) is 4.79 Å². The van der Waals surface area contributed by atoms with E-state index in [4.69, 9.17) is 5.11 Å². The first-order chi connectivity index (χ1) is 24.4. The van der Waals surface area contributed by atoms with E-state index in [1.807, 2.05) is 0 Å². The van der Waals surface area contributed by atoms with E-state index in [1.165, 1.54) is 180 Å². The molecule has 0 aliphatic rings. The van der Waals surface area contributed by atoms with E-state index in [0.29, 0.717) is 19.4 Å². The summed E-state index contributed by atoms with van der Waals surface area (Å²) in [4.78, 5) is 12.4. The van der Waals surface area contributed by atoms with Crippen LogP contribution >= 0.6 is 0 Å². The van der Waals surface area contributed by atoms with Gasteiger partial charge in [0.1, 0.15) is 6.10 Å². The predicted octanol–water partition coefficient (Wildman–Crippen LogP) is 12.7. The van der Waals surface area contributed by atoms with Gasteiger partial charge in [-0.25, -0.2) is 0 Å². The Morgan fingerprint density at radius 1 is 0.400 bits per heavy atom. The van der Waals surface area contributed by atoms with E-state index in [2.05, 4.69) is 13.8 Å². The molecule has 4 unspecified atom stereocenters. The standard InChI is InChI=1S/C45H90O5/c1-3-41(2)36-32-28-24-20-19-22-26-30-34-38-43(48)45(50)40-44(49)42(47)37-33-29-25-21-17-15-13-11-9-7-5-4-6-8-10-12-14-16-18-23-27-31-35-39-46/h41-43,45-48,50H,3-40H2,1-2H3. The van der Waals surface area contributed by atoms with Crippen LogP contribution in [0.1, 0.15) is 251 Å². The minimum atomic E-state index is -1.07. The molecule has 300 valence electrons. The molecule has 0 aliphatic carbocycles. The van der Waals surface area contributed by atoms with Crippen LogP contribution in [0, 0.1) is 5.92 Å². The quantitative estimate of drug-likeness (QED) is 0.0473. The number of unbranched alkanes of at least 4 members (excludes halogenated alkanes) is 30. The van der Waals surface area contributed by atoms with Crippen LogP contribution in [0.3, 0.4) is 0 Å². The molecule has 0 aromatic carbocycles. The molecule has 0 aromatic rings. The van der Waals surface area contributed by atoms with E-state index in [-0.39, 0.29) is 12.2 Å². The lowest BCUT2D eigenvalue weighted by atomic mass is 9.97. The maximum atomic E-state index is 12.4. The Hall–Kier alpha value is -0.490. The van der Waals surface area contributed by atoms with Gasteiger partial charge in [-0.15, -0.1) is 0 Å². The predicted molar refractivity (Wildman–Crippen MR) is 216 cm³/mol. The SMILES string of the molecule is CCC(C)CCCCCCCCCCCC(O)C(O)CC(=O)C(O)CCCCCCCCCCCCCCCCCCCCCCCCCO. The number of carbonyl (C=O) groups excluding carboxylic acids is 1. The van der Waals surface area contributed by atoms with Gasteiger partial charge in [0.15, 0.2) is 5.78 Å². The molecule has 4 atom stereocenters. The van der Waals surface area contributed by atoms with Crippen molar-refractivity contribution in [2.75, 3.05) is 6.61 Å². The average Bonchev–Trinajstić information content (AvgIpc) is 3.11. The zero-order chi connectivity index (χ0) is 36.8. The van der Waals surface area contributed by atoms with E-state index in [1.54, 1.807) is 0 Å². The summed E-state index contributed by atoms with van der Waals surface area (Å²) in [5.74, 6) is 0.539. The summed E-state index contributed by atoms with van der Waals surface area (Å²) < 4.78 is 0. The molecule has 4 N–H and O–H groups in total. The third-order valence-corrected chi connectivity index (χ3v) is 11.3. The fourth-order valence-electron chi connectivity index (χ4n) is 7.28. The van der Waals surface area contributed by atoms with Crippen LogP contribution in [0.4, 0.5) is 0 Å². The number of ketones is 1. The normalized spacial score (nSPS) is 14.2. The van der Waals surface area contributed by atoms with Crippen LogP contribution < -0.4 is 0 Å². The maximum Gasteiger partial charge on any atom is 0.163 e. The van der Waals surface area contributed by atoms with Gasteiger partial charge >= 0.3 is 0 Å². The largest absolute Gasteiger partial charge is 0.396 e. The van der Waals surface area contributed by atoms with Crippen LogP contribution in [-0.2, 0) is 4.79 Å². The van der Waals surface area contributed by atoms with Gasteiger partial charge in [0.2, 0.25) is 0 Å². The second-order valence-electron chi connectivity index (χ2n) is 16.2. The Kier molecular flexibility index (Phi) is 39.3. The first-order valence-electron chi connectivity index (χ1n) is 22.6. The first-order valence-corrected chi connectivity index (χ1v) is 22.6. The summed E-state index contributed by atoms with van der Waals surface area (Å²) in [6.45, 7) is 4.98. The van der Waals surface area contributed by atoms with E-state index in [0.717, 1.165) is 44.4 Å². The van der Waals surface area contributed by atoms with Gasteiger partial charge in [-0.2, -0.15) is 0 Å². The molecule has 0 aliphatic heterocycles. The lowest BCUT2D eigenvalue weighted by Crippen LogP contribution is -2.32. The molecule has 0 rings (SSSR count). The summed E-state index contributed by atoms with van der Waals surface area (Å²) >= 11 is 0. The number of aliphatic hydroxyl groups is 4. The van der Waals surface area contributed by atoms with Gasteiger partial charge in [0.05, 0.1) is 12.2 Å². The van der Waals surface area contributed by atoms with Crippen molar-refractivity contribution in [3.8, 4) is 0 Å². The zero-order valence-electron chi connectivity index (χ0n) is 33.9. The second kappa shape index (κ2) is 39.7. The molecule has 0 amide bonds. The van der Waals surface area contributed by atoms with E-state index < -0.39 is 18.3 Å². The van der Waals surface area contributed by atoms with Crippen molar-refractivity contribution < 1.29 is 25.2 Å². The lowest BCUT2D eigenvalue weighted by Gasteiger charge is -2.18. The first kappa shape index (κ1) is 49.5. The van der Waals surface area contributed by atoms with Gasteiger partial charge in [-0.05, 0) is 25.2 Å². The van der Waals surface area contributed by atoms with Crippen molar-refractivity contribution in [2.24, 2.45) is 5.92 Å². The summed E-state index contributed by atoms with van der Waals surface area (Å²) in [5, 5.41) is 39.7. The Balaban J connectivity index is 3.44. The van der Waals surface area contributed by atoms with Gasteiger partial charge in [0, 0.05) is 13.0 Å². The molecular formula is C45H90O5. The number of hydrogen-bond acceptors (Lipinski definition) is 5. The molecule has 0 bridgehead atoms. The Labute approximate surface area is 312 Å². The van der Waals surface area contributed by atoms with Crippen molar-refractivity contribution in [3.05, 3.63) is 0 Å². The van der Waals surface area contributed by atoms with Crippen LogP contribution in [-0.4, -0.2) is 51.1 Å². The number of rotatable bonds is 42. The summed E-state index contributed by atoms with van der Waals surface area (Å²) in [5.41, 5.74) is 0. The van der Waals surface area contributed by atoms with Crippen molar-refractivity contribution in [1.82, 2.24) is 0 Å². The van der Waals surface area contributed by atoms with Crippen LogP contribution in [0.5, 0.6) is 0 Å². The molecule has 0 aromatic heterocycles. The highest BCUT2D eigenvalue weighted by atomic mass is 16.3. The van der Waals surface area contributed by atoms with Crippen molar-refractivity contribution in [2.45, 2.75) is 270 Å². The topological polar surface area (TPSA) is 98.0 Å². The number of carbonyl (C=O) groups is 1.